The molecule has 2 aromatic heterocycles. The summed E-state index contributed by atoms with van der Waals surface area (Å²) in [5.74, 6) is 1.53. The summed E-state index contributed by atoms with van der Waals surface area (Å²) in [6, 6.07) is 5.20. The third-order valence-electron chi connectivity index (χ3n) is 6.11. The largest absolute Gasteiger partial charge is 0.507 e. The number of hydrogen-bond donors (Lipinski definition) is 2. The van der Waals surface area contributed by atoms with E-state index in [9.17, 15) is 9.50 Å². The van der Waals surface area contributed by atoms with E-state index in [2.05, 4.69) is 25.4 Å². The topological polar surface area (TPSA) is 100 Å². The molecule has 5 rings (SSSR count). The highest BCUT2D eigenvalue weighted by Gasteiger charge is 2.43. The van der Waals surface area contributed by atoms with Crippen molar-refractivity contribution in [3.8, 4) is 28.4 Å². The van der Waals surface area contributed by atoms with Crippen molar-refractivity contribution in [2.45, 2.75) is 50.5 Å². The van der Waals surface area contributed by atoms with Crippen LogP contribution >= 0.6 is 0 Å². The van der Waals surface area contributed by atoms with Crippen molar-refractivity contribution in [3.05, 3.63) is 36.5 Å². The van der Waals surface area contributed by atoms with Gasteiger partial charge in [0, 0.05) is 37.2 Å². The van der Waals surface area contributed by atoms with Crippen LogP contribution in [0.2, 0.25) is 0 Å². The quantitative estimate of drug-likeness (QED) is 0.677. The van der Waals surface area contributed by atoms with Gasteiger partial charge in [0.15, 0.2) is 0 Å². The number of alkyl halides is 1. The summed E-state index contributed by atoms with van der Waals surface area (Å²) < 4.78 is 19.8. The lowest BCUT2D eigenvalue weighted by atomic mass is 9.96. The van der Waals surface area contributed by atoms with Crippen molar-refractivity contribution in [2.24, 2.45) is 0 Å². The number of halogens is 1. The van der Waals surface area contributed by atoms with Crippen LogP contribution in [-0.2, 0) is 0 Å². The molecule has 2 aliphatic rings. The fourth-order valence-electron chi connectivity index (χ4n) is 4.46. The van der Waals surface area contributed by atoms with Gasteiger partial charge in [0.25, 0.3) is 0 Å². The second-order valence-corrected chi connectivity index (χ2v) is 8.03. The first kappa shape index (κ1) is 18.9. The minimum atomic E-state index is -0.930. The maximum atomic E-state index is 14.8. The van der Waals surface area contributed by atoms with Gasteiger partial charge in [-0.3, -0.25) is 4.98 Å². The number of hydrogen-bond acceptors (Lipinski definition) is 8. The lowest BCUT2D eigenvalue weighted by molar-refractivity contribution is 0.176. The second-order valence-electron chi connectivity index (χ2n) is 8.03. The molecule has 1 aromatic carbocycles. The number of nitrogens with zero attached hydrogens (tertiary/aromatic N) is 5. The molecule has 0 spiro atoms. The van der Waals surface area contributed by atoms with Crippen molar-refractivity contribution in [1.29, 1.82) is 0 Å². The van der Waals surface area contributed by atoms with E-state index in [0.717, 1.165) is 19.3 Å². The number of nitrogens with one attached hydrogen (secondary N) is 1. The van der Waals surface area contributed by atoms with Crippen LogP contribution in [0.25, 0.3) is 22.6 Å². The number of benzene rings is 1. The molecule has 2 N–H and O–H groups in total. The Bertz CT molecular complexity index is 1060. The Labute approximate surface area is 173 Å². The van der Waals surface area contributed by atoms with E-state index in [1.54, 1.807) is 37.5 Å². The molecular weight excluding hydrogens is 387 g/mol. The van der Waals surface area contributed by atoms with E-state index >= 15 is 0 Å². The fourth-order valence-corrected chi connectivity index (χ4v) is 4.46. The van der Waals surface area contributed by atoms with Gasteiger partial charge in [-0.05, 0) is 31.4 Å². The number of piperidine rings is 1. The molecule has 0 aliphatic carbocycles. The number of aromatic nitrogens is 4. The number of aromatic hydroxyl groups is 1. The Hall–Kier alpha value is -3.07. The maximum absolute atomic E-state index is 14.8. The average molecular weight is 410 g/mol. The summed E-state index contributed by atoms with van der Waals surface area (Å²) in [4.78, 5) is 15.0. The summed E-state index contributed by atoms with van der Waals surface area (Å²) in [6.07, 6.45) is 4.97. The molecule has 8 nitrogen and oxygen atoms in total. The van der Waals surface area contributed by atoms with Crippen molar-refractivity contribution >= 4 is 5.82 Å². The van der Waals surface area contributed by atoms with Gasteiger partial charge in [-0.1, -0.05) is 11.2 Å². The summed E-state index contributed by atoms with van der Waals surface area (Å²) in [6.45, 7) is 1.71. The number of phenolic OH excluding ortho intramolecular Hbond substituents is 1. The van der Waals surface area contributed by atoms with Gasteiger partial charge in [-0.25, -0.2) is 9.37 Å². The van der Waals surface area contributed by atoms with E-state index in [1.807, 2.05) is 11.9 Å². The number of anilines is 1. The Morgan fingerprint density at radius 3 is 2.80 bits per heavy atom. The number of aryl methyl sites for hydroxylation is 1. The molecule has 30 heavy (non-hydrogen) atoms. The average Bonchev–Trinajstić information content (AvgIpc) is 3.37. The highest BCUT2D eigenvalue weighted by atomic mass is 19.1. The maximum Gasteiger partial charge on any atom is 0.223 e. The van der Waals surface area contributed by atoms with Crippen molar-refractivity contribution < 1.29 is 14.0 Å². The molecule has 2 fully saturated rings. The Balaban J connectivity index is 1.36. The third-order valence-corrected chi connectivity index (χ3v) is 6.11. The molecule has 0 saturated carbocycles. The summed E-state index contributed by atoms with van der Waals surface area (Å²) in [5.41, 5.74) is 1.72. The van der Waals surface area contributed by atoms with Gasteiger partial charge in [0.1, 0.15) is 17.7 Å². The predicted octanol–water partition coefficient (Wildman–Crippen LogP) is 2.87. The second kappa shape index (κ2) is 7.32. The van der Waals surface area contributed by atoms with Crippen LogP contribution < -0.4 is 10.2 Å². The van der Waals surface area contributed by atoms with Gasteiger partial charge in [0.05, 0.1) is 24.1 Å². The molecule has 9 heteroatoms. The zero-order valence-electron chi connectivity index (χ0n) is 16.8. The van der Waals surface area contributed by atoms with Crippen LogP contribution in [0.5, 0.6) is 5.75 Å². The Morgan fingerprint density at radius 2 is 2.10 bits per heavy atom. The number of rotatable bonds is 4. The van der Waals surface area contributed by atoms with Crippen LogP contribution in [0.3, 0.4) is 0 Å². The molecule has 0 amide bonds. The zero-order valence-corrected chi connectivity index (χ0v) is 16.8. The molecule has 0 radical (unpaired) electrons. The molecular formula is C21H23FN6O2. The third kappa shape index (κ3) is 3.28. The van der Waals surface area contributed by atoms with Gasteiger partial charge in [-0.15, -0.1) is 0 Å². The summed E-state index contributed by atoms with van der Waals surface area (Å²) in [7, 11) is 1.87. The van der Waals surface area contributed by atoms with E-state index in [4.69, 9.17) is 4.52 Å². The van der Waals surface area contributed by atoms with E-state index < -0.39 is 6.17 Å². The predicted molar refractivity (Wildman–Crippen MR) is 109 cm³/mol. The molecule has 156 valence electrons. The van der Waals surface area contributed by atoms with Crippen LogP contribution in [0.15, 0.2) is 35.1 Å². The minimum absolute atomic E-state index is 0.0455. The van der Waals surface area contributed by atoms with E-state index in [-0.39, 0.29) is 17.8 Å². The Kier molecular flexibility index (Phi) is 4.62. The van der Waals surface area contributed by atoms with Gasteiger partial charge in [-0.2, -0.15) is 4.98 Å². The lowest BCUT2D eigenvalue weighted by Crippen LogP contribution is -2.55. The first-order valence-electron chi connectivity index (χ1n) is 10.1. The van der Waals surface area contributed by atoms with Gasteiger partial charge in [0.2, 0.25) is 11.7 Å². The van der Waals surface area contributed by atoms with Crippen LogP contribution in [0.1, 0.15) is 25.2 Å². The van der Waals surface area contributed by atoms with Crippen LogP contribution in [0, 0.1) is 6.92 Å². The molecule has 4 heterocycles. The Morgan fingerprint density at radius 1 is 1.23 bits per heavy atom. The highest BCUT2D eigenvalue weighted by molar-refractivity contribution is 5.71. The first-order valence-corrected chi connectivity index (χ1v) is 10.1. The highest BCUT2D eigenvalue weighted by Crippen LogP contribution is 2.34. The monoisotopic (exact) mass is 410 g/mol. The van der Waals surface area contributed by atoms with Crippen molar-refractivity contribution in [3.63, 3.8) is 0 Å². The van der Waals surface area contributed by atoms with Crippen LogP contribution in [0.4, 0.5) is 10.2 Å². The number of phenols is 1. The van der Waals surface area contributed by atoms with Crippen molar-refractivity contribution in [2.75, 3.05) is 11.9 Å². The molecule has 2 unspecified atom stereocenters. The normalized spacial score (nSPS) is 25.4. The fraction of sp³-hybridized carbons (Fsp3) is 0.429. The lowest BCUT2D eigenvalue weighted by Gasteiger charge is -2.38. The SMILES string of the molecule is Cc1nc(-c2ccc(-c3cnc(N(C)[C@H]4CC5CCC(N5)[C@H]4F)cn3)c(O)c2)no1. The zero-order chi connectivity index (χ0) is 20.8. The summed E-state index contributed by atoms with van der Waals surface area (Å²) in [5, 5.41) is 17.7. The summed E-state index contributed by atoms with van der Waals surface area (Å²) >= 11 is 0. The smallest absolute Gasteiger partial charge is 0.223 e. The molecule has 2 saturated heterocycles. The molecule has 2 aliphatic heterocycles. The molecule has 3 aromatic rings. The van der Waals surface area contributed by atoms with Crippen molar-refractivity contribution in [1.82, 2.24) is 25.4 Å². The van der Waals surface area contributed by atoms with E-state index in [1.165, 1.54) is 0 Å². The minimum Gasteiger partial charge on any atom is -0.507 e. The van der Waals surface area contributed by atoms with Gasteiger partial charge >= 0.3 is 0 Å². The first-order chi connectivity index (χ1) is 14.5. The molecule has 4 atom stereocenters. The molecule has 2 bridgehead atoms. The van der Waals surface area contributed by atoms with Crippen LogP contribution in [-0.4, -0.2) is 56.6 Å². The van der Waals surface area contributed by atoms with E-state index in [0.29, 0.717) is 40.4 Å². The standard InChI is InChI=1S/C21H23FN6O2/c1-11-25-21(27-30-11)12-3-5-14(18(29)7-12)16-9-24-19(10-23-16)28(2)17-8-13-4-6-15(26-13)20(17)22/h3,5,7,9-10,13,15,17,20,26,29H,4,6,8H2,1-2H3/t13?,15?,17-,20+/m0/s1. The number of fused-ring (bicyclic) bond motifs is 2. The van der Waals surface area contributed by atoms with Gasteiger partial charge < -0.3 is 19.8 Å².